The van der Waals surface area contributed by atoms with Crippen LogP contribution < -0.4 is 5.32 Å². The molecule has 0 saturated heterocycles. The van der Waals surface area contributed by atoms with Gasteiger partial charge in [0, 0.05) is 30.9 Å². The van der Waals surface area contributed by atoms with Gasteiger partial charge in [-0.3, -0.25) is 4.68 Å². The Bertz CT molecular complexity index is 373. The fourth-order valence-corrected chi connectivity index (χ4v) is 3.47. The molecule has 0 amide bonds. The minimum absolute atomic E-state index is 0.751. The summed E-state index contributed by atoms with van der Waals surface area (Å²) in [6.07, 6.45) is 12.5. The highest BCUT2D eigenvalue weighted by molar-refractivity contribution is 5.04. The summed E-state index contributed by atoms with van der Waals surface area (Å²) in [7, 11) is 0. The van der Waals surface area contributed by atoms with Crippen LogP contribution in [0.4, 0.5) is 0 Å². The van der Waals surface area contributed by atoms with Crippen LogP contribution in [0.1, 0.15) is 51.0 Å². The van der Waals surface area contributed by atoms with Gasteiger partial charge in [0.15, 0.2) is 0 Å². The summed E-state index contributed by atoms with van der Waals surface area (Å²) in [5.74, 6) is 1.81. The van der Waals surface area contributed by atoms with E-state index in [1.54, 1.807) is 0 Å². The summed E-state index contributed by atoms with van der Waals surface area (Å²) in [6, 6.07) is 0.751. The Morgan fingerprint density at radius 3 is 2.83 bits per heavy atom. The highest BCUT2D eigenvalue weighted by atomic mass is 15.3. The first-order valence-corrected chi connectivity index (χ1v) is 7.54. The molecular formula is C15H25N3. The molecule has 3 nitrogen and oxygen atoms in total. The molecule has 1 aromatic heterocycles. The lowest BCUT2D eigenvalue weighted by atomic mass is 9.76. The SMILES string of the molecule is CC1CC(Cn2cc(CNC3CCCC3)cn2)C1. The van der Waals surface area contributed by atoms with Crippen molar-refractivity contribution >= 4 is 0 Å². The Kier molecular flexibility index (Phi) is 3.69. The summed E-state index contributed by atoms with van der Waals surface area (Å²) in [6.45, 7) is 4.45. The van der Waals surface area contributed by atoms with Crippen molar-refractivity contribution in [2.75, 3.05) is 0 Å². The summed E-state index contributed by atoms with van der Waals surface area (Å²) in [5.41, 5.74) is 1.34. The van der Waals surface area contributed by atoms with Gasteiger partial charge in [-0.15, -0.1) is 0 Å². The lowest BCUT2D eigenvalue weighted by Crippen LogP contribution is -2.26. The third-order valence-electron chi connectivity index (χ3n) is 4.55. The molecule has 1 aromatic rings. The van der Waals surface area contributed by atoms with Gasteiger partial charge in [-0.1, -0.05) is 19.8 Å². The number of hydrogen-bond donors (Lipinski definition) is 1. The summed E-state index contributed by atoms with van der Waals surface area (Å²) < 4.78 is 2.14. The fourth-order valence-electron chi connectivity index (χ4n) is 3.47. The van der Waals surface area contributed by atoms with Crippen molar-refractivity contribution in [3.63, 3.8) is 0 Å². The molecule has 1 heterocycles. The molecule has 100 valence electrons. The first kappa shape index (κ1) is 12.2. The predicted molar refractivity (Wildman–Crippen MR) is 73.2 cm³/mol. The van der Waals surface area contributed by atoms with Crippen LogP contribution in [0.5, 0.6) is 0 Å². The molecule has 0 atom stereocenters. The molecule has 0 aliphatic heterocycles. The topological polar surface area (TPSA) is 29.9 Å². The quantitative estimate of drug-likeness (QED) is 0.867. The van der Waals surface area contributed by atoms with Crippen molar-refractivity contribution < 1.29 is 0 Å². The molecule has 0 bridgehead atoms. The Labute approximate surface area is 110 Å². The van der Waals surface area contributed by atoms with Crippen molar-refractivity contribution in [2.45, 2.75) is 64.6 Å². The van der Waals surface area contributed by atoms with E-state index in [0.29, 0.717) is 0 Å². The van der Waals surface area contributed by atoms with Crippen LogP contribution in [0.15, 0.2) is 12.4 Å². The normalized spacial score (nSPS) is 28.5. The van der Waals surface area contributed by atoms with Crippen LogP contribution >= 0.6 is 0 Å². The molecule has 0 aromatic carbocycles. The second kappa shape index (κ2) is 5.43. The van der Waals surface area contributed by atoms with Gasteiger partial charge < -0.3 is 5.32 Å². The monoisotopic (exact) mass is 247 g/mol. The summed E-state index contributed by atoms with van der Waals surface area (Å²) in [5, 5.41) is 8.13. The van der Waals surface area contributed by atoms with Gasteiger partial charge in [0.2, 0.25) is 0 Å². The zero-order chi connectivity index (χ0) is 12.4. The Morgan fingerprint density at radius 1 is 1.33 bits per heavy atom. The minimum atomic E-state index is 0.751. The molecule has 2 fully saturated rings. The summed E-state index contributed by atoms with van der Waals surface area (Å²) in [4.78, 5) is 0. The molecule has 1 N–H and O–H groups in total. The fraction of sp³-hybridized carbons (Fsp3) is 0.800. The summed E-state index contributed by atoms with van der Waals surface area (Å²) >= 11 is 0. The molecule has 2 saturated carbocycles. The minimum Gasteiger partial charge on any atom is -0.310 e. The Balaban J connectivity index is 1.44. The van der Waals surface area contributed by atoms with Gasteiger partial charge in [0.05, 0.1) is 6.20 Å². The van der Waals surface area contributed by atoms with Crippen LogP contribution in [-0.4, -0.2) is 15.8 Å². The van der Waals surface area contributed by atoms with Crippen molar-refractivity contribution in [3.8, 4) is 0 Å². The second-order valence-electron chi connectivity index (χ2n) is 6.38. The zero-order valence-electron chi connectivity index (χ0n) is 11.4. The molecular weight excluding hydrogens is 222 g/mol. The zero-order valence-corrected chi connectivity index (χ0v) is 11.4. The molecule has 3 heteroatoms. The number of nitrogens with one attached hydrogen (secondary N) is 1. The molecule has 18 heavy (non-hydrogen) atoms. The average Bonchev–Trinajstić information content (AvgIpc) is 2.95. The van der Waals surface area contributed by atoms with Crippen molar-refractivity contribution in [3.05, 3.63) is 18.0 Å². The van der Waals surface area contributed by atoms with Crippen LogP contribution in [0.2, 0.25) is 0 Å². The van der Waals surface area contributed by atoms with Gasteiger partial charge in [-0.2, -0.15) is 5.10 Å². The van der Waals surface area contributed by atoms with E-state index in [1.807, 2.05) is 6.20 Å². The molecule has 0 radical (unpaired) electrons. The van der Waals surface area contributed by atoms with Crippen LogP contribution in [0.25, 0.3) is 0 Å². The number of rotatable bonds is 5. The van der Waals surface area contributed by atoms with Crippen molar-refractivity contribution in [1.29, 1.82) is 0 Å². The van der Waals surface area contributed by atoms with Gasteiger partial charge in [-0.05, 0) is 37.5 Å². The molecule has 2 aliphatic rings. The highest BCUT2D eigenvalue weighted by Crippen LogP contribution is 2.33. The van der Waals surface area contributed by atoms with E-state index in [1.165, 1.54) is 44.1 Å². The second-order valence-corrected chi connectivity index (χ2v) is 6.38. The number of aromatic nitrogens is 2. The maximum absolute atomic E-state index is 4.48. The van der Waals surface area contributed by atoms with E-state index in [4.69, 9.17) is 0 Å². The lowest BCUT2D eigenvalue weighted by molar-refractivity contribution is 0.182. The van der Waals surface area contributed by atoms with Crippen molar-refractivity contribution in [2.24, 2.45) is 11.8 Å². The van der Waals surface area contributed by atoms with E-state index >= 15 is 0 Å². The maximum Gasteiger partial charge on any atom is 0.0534 e. The number of hydrogen-bond acceptors (Lipinski definition) is 2. The highest BCUT2D eigenvalue weighted by Gasteiger charge is 2.25. The van der Waals surface area contributed by atoms with Gasteiger partial charge in [-0.25, -0.2) is 0 Å². The third-order valence-corrected chi connectivity index (χ3v) is 4.55. The van der Waals surface area contributed by atoms with Crippen LogP contribution in [0, 0.1) is 11.8 Å². The smallest absolute Gasteiger partial charge is 0.0534 e. The third kappa shape index (κ3) is 2.94. The first-order chi connectivity index (χ1) is 8.79. The molecule has 2 aliphatic carbocycles. The van der Waals surface area contributed by atoms with Gasteiger partial charge in [0.25, 0.3) is 0 Å². The number of nitrogens with zero attached hydrogens (tertiary/aromatic N) is 2. The van der Waals surface area contributed by atoms with Crippen LogP contribution in [-0.2, 0) is 13.1 Å². The first-order valence-electron chi connectivity index (χ1n) is 7.54. The Hall–Kier alpha value is -0.830. The standard InChI is InChI=1S/C15H25N3/c1-12-6-13(7-12)10-18-11-14(9-17-18)8-16-15-4-2-3-5-15/h9,11-13,15-16H,2-8,10H2,1H3. The molecule has 0 spiro atoms. The van der Waals surface area contributed by atoms with E-state index in [0.717, 1.165) is 31.0 Å². The van der Waals surface area contributed by atoms with E-state index in [-0.39, 0.29) is 0 Å². The van der Waals surface area contributed by atoms with Gasteiger partial charge >= 0.3 is 0 Å². The van der Waals surface area contributed by atoms with E-state index in [2.05, 4.69) is 28.2 Å². The predicted octanol–water partition coefficient (Wildman–Crippen LogP) is 2.96. The average molecular weight is 247 g/mol. The van der Waals surface area contributed by atoms with Crippen molar-refractivity contribution in [1.82, 2.24) is 15.1 Å². The van der Waals surface area contributed by atoms with E-state index < -0.39 is 0 Å². The van der Waals surface area contributed by atoms with Crippen LogP contribution in [0.3, 0.4) is 0 Å². The van der Waals surface area contributed by atoms with Gasteiger partial charge in [0.1, 0.15) is 0 Å². The lowest BCUT2D eigenvalue weighted by Gasteiger charge is -2.32. The largest absolute Gasteiger partial charge is 0.310 e. The van der Waals surface area contributed by atoms with E-state index in [9.17, 15) is 0 Å². The molecule has 0 unspecified atom stereocenters. The maximum atomic E-state index is 4.48. The Morgan fingerprint density at radius 2 is 2.11 bits per heavy atom. The molecule has 3 rings (SSSR count).